The number of carbonyl (C=O) groups excluding carboxylic acids is 1. The molecule has 2 unspecified atom stereocenters. The number of rotatable bonds is 1. The predicted octanol–water partition coefficient (Wildman–Crippen LogP) is 0.760. The Kier molecular flexibility index (Phi) is 2.22. The SMILES string of the molecule is CC1C=CC(=O)CC1CO. The molecule has 1 N–H and O–H groups in total. The van der Waals surface area contributed by atoms with Crippen LogP contribution in [0.1, 0.15) is 13.3 Å². The number of aliphatic hydroxyl groups excluding tert-OH is 1. The minimum Gasteiger partial charge on any atom is -0.396 e. The fourth-order valence-corrected chi connectivity index (χ4v) is 1.16. The molecule has 1 aliphatic rings. The van der Waals surface area contributed by atoms with Gasteiger partial charge in [0.15, 0.2) is 5.78 Å². The van der Waals surface area contributed by atoms with E-state index in [1.165, 1.54) is 0 Å². The standard InChI is InChI=1S/C8H12O2/c1-6-2-3-8(10)4-7(6)5-9/h2-3,6-7,9H,4-5H2,1H3. The van der Waals surface area contributed by atoms with Crippen LogP contribution in [0.3, 0.4) is 0 Å². The van der Waals surface area contributed by atoms with Crippen LogP contribution >= 0.6 is 0 Å². The fourth-order valence-electron chi connectivity index (χ4n) is 1.16. The number of allylic oxidation sites excluding steroid dienone is 2. The van der Waals surface area contributed by atoms with Gasteiger partial charge in [-0.15, -0.1) is 0 Å². The van der Waals surface area contributed by atoms with Crippen molar-refractivity contribution in [2.45, 2.75) is 13.3 Å². The van der Waals surface area contributed by atoms with Gasteiger partial charge < -0.3 is 5.11 Å². The summed E-state index contributed by atoms with van der Waals surface area (Å²) in [6, 6.07) is 0. The van der Waals surface area contributed by atoms with Gasteiger partial charge >= 0.3 is 0 Å². The molecule has 0 saturated heterocycles. The third kappa shape index (κ3) is 1.45. The summed E-state index contributed by atoms with van der Waals surface area (Å²) in [6.07, 6.45) is 3.98. The number of carbonyl (C=O) groups is 1. The van der Waals surface area contributed by atoms with Gasteiger partial charge in [0.05, 0.1) is 0 Å². The van der Waals surface area contributed by atoms with Gasteiger partial charge in [-0.25, -0.2) is 0 Å². The van der Waals surface area contributed by atoms with Crippen LogP contribution in [0.15, 0.2) is 12.2 Å². The molecule has 0 saturated carbocycles. The Morgan fingerprint density at radius 3 is 3.00 bits per heavy atom. The van der Waals surface area contributed by atoms with Gasteiger partial charge in [0, 0.05) is 13.0 Å². The van der Waals surface area contributed by atoms with Crippen molar-refractivity contribution in [2.24, 2.45) is 11.8 Å². The van der Waals surface area contributed by atoms with Crippen molar-refractivity contribution in [2.75, 3.05) is 6.61 Å². The summed E-state index contributed by atoms with van der Waals surface area (Å²) in [6.45, 7) is 2.14. The summed E-state index contributed by atoms with van der Waals surface area (Å²) in [5.41, 5.74) is 0. The molecule has 0 radical (unpaired) electrons. The largest absolute Gasteiger partial charge is 0.396 e. The van der Waals surface area contributed by atoms with Gasteiger partial charge in [-0.1, -0.05) is 13.0 Å². The highest BCUT2D eigenvalue weighted by atomic mass is 16.3. The smallest absolute Gasteiger partial charge is 0.155 e. The first-order valence-electron chi connectivity index (χ1n) is 3.56. The molecule has 0 bridgehead atoms. The normalized spacial score (nSPS) is 32.8. The highest BCUT2D eigenvalue weighted by molar-refractivity contribution is 5.90. The van der Waals surface area contributed by atoms with Crippen molar-refractivity contribution in [1.82, 2.24) is 0 Å². The molecule has 2 heteroatoms. The van der Waals surface area contributed by atoms with Crippen molar-refractivity contribution in [3.63, 3.8) is 0 Å². The summed E-state index contributed by atoms with van der Waals surface area (Å²) >= 11 is 0. The molecule has 10 heavy (non-hydrogen) atoms. The molecular weight excluding hydrogens is 128 g/mol. The molecule has 0 aromatic heterocycles. The highest BCUT2D eigenvalue weighted by Gasteiger charge is 2.20. The van der Waals surface area contributed by atoms with Gasteiger partial charge in [0.2, 0.25) is 0 Å². The predicted molar refractivity (Wildman–Crippen MR) is 38.5 cm³/mol. The number of aliphatic hydroxyl groups is 1. The van der Waals surface area contributed by atoms with E-state index in [0.29, 0.717) is 12.3 Å². The molecule has 0 aliphatic heterocycles. The van der Waals surface area contributed by atoms with Crippen LogP contribution in [0.2, 0.25) is 0 Å². The van der Waals surface area contributed by atoms with Crippen LogP contribution in [0.25, 0.3) is 0 Å². The number of ketones is 1. The first-order valence-corrected chi connectivity index (χ1v) is 3.56. The van der Waals surface area contributed by atoms with Gasteiger partial charge in [-0.3, -0.25) is 4.79 Å². The minimum atomic E-state index is 0.122. The summed E-state index contributed by atoms with van der Waals surface area (Å²) in [5, 5.41) is 8.79. The van der Waals surface area contributed by atoms with Crippen molar-refractivity contribution < 1.29 is 9.90 Å². The van der Waals surface area contributed by atoms with E-state index < -0.39 is 0 Å². The van der Waals surface area contributed by atoms with Crippen molar-refractivity contribution in [1.29, 1.82) is 0 Å². The Hall–Kier alpha value is -0.630. The first kappa shape index (κ1) is 7.48. The Morgan fingerprint density at radius 1 is 1.80 bits per heavy atom. The van der Waals surface area contributed by atoms with E-state index in [2.05, 4.69) is 0 Å². The monoisotopic (exact) mass is 140 g/mol. The van der Waals surface area contributed by atoms with Crippen molar-refractivity contribution in [3.8, 4) is 0 Å². The maximum absolute atomic E-state index is 10.8. The molecule has 0 spiro atoms. The molecule has 0 amide bonds. The van der Waals surface area contributed by atoms with Gasteiger partial charge in [0.1, 0.15) is 0 Å². The molecule has 0 aromatic carbocycles. The Bertz CT molecular complexity index is 161. The Balaban J connectivity index is 2.62. The van der Waals surface area contributed by atoms with E-state index in [1.54, 1.807) is 6.08 Å². The van der Waals surface area contributed by atoms with Crippen LogP contribution in [0.4, 0.5) is 0 Å². The van der Waals surface area contributed by atoms with Crippen molar-refractivity contribution >= 4 is 5.78 Å². The maximum Gasteiger partial charge on any atom is 0.155 e. The lowest BCUT2D eigenvalue weighted by Crippen LogP contribution is -2.21. The average molecular weight is 140 g/mol. The third-order valence-corrected chi connectivity index (χ3v) is 2.03. The third-order valence-electron chi connectivity index (χ3n) is 2.03. The quantitative estimate of drug-likeness (QED) is 0.583. The zero-order chi connectivity index (χ0) is 7.56. The highest BCUT2D eigenvalue weighted by Crippen LogP contribution is 2.21. The van der Waals surface area contributed by atoms with E-state index in [-0.39, 0.29) is 18.3 Å². The topological polar surface area (TPSA) is 37.3 Å². The molecule has 56 valence electrons. The number of hydrogen-bond acceptors (Lipinski definition) is 2. The summed E-state index contributed by atoms with van der Waals surface area (Å²) in [7, 11) is 0. The minimum absolute atomic E-state index is 0.122. The Morgan fingerprint density at radius 2 is 2.50 bits per heavy atom. The van der Waals surface area contributed by atoms with Gasteiger partial charge in [-0.2, -0.15) is 0 Å². The van der Waals surface area contributed by atoms with E-state index in [4.69, 9.17) is 5.11 Å². The molecule has 2 nitrogen and oxygen atoms in total. The zero-order valence-corrected chi connectivity index (χ0v) is 6.08. The Labute approximate surface area is 60.6 Å². The van der Waals surface area contributed by atoms with E-state index in [1.807, 2.05) is 13.0 Å². The second-order valence-electron chi connectivity index (χ2n) is 2.83. The van der Waals surface area contributed by atoms with Crippen molar-refractivity contribution in [3.05, 3.63) is 12.2 Å². The first-order chi connectivity index (χ1) is 4.74. The molecule has 1 aliphatic carbocycles. The van der Waals surface area contributed by atoms with E-state index >= 15 is 0 Å². The van der Waals surface area contributed by atoms with Crippen LogP contribution in [0.5, 0.6) is 0 Å². The molecular formula is C8H12O2. The second kappa shape index (κ2) is 2.97. The molecule has 0 aromatic rings. The lowest BCUT2D eigenvalue weighted by atomic mass is 9.85. The maximum atomic E-state index is 10.8. The van der Waals surface area contributed by atoms with Gasteiger partial charge in [0.25, 0.3) is 0 Å². The van der Waals surface area contributed by atoms with Crippen LogP contribution in [-0.2, 0) is 4.79 Å². The van der Waals surface area contributed by atoms with E-state index in [9.17, 15) is 4.79 Å². The summed E-state index contributed by atoms with van der Waals surface area (Å²) < 4.78 is 0. The number of hydrogen-bond donors (Lipinski definition) is 1. The van der Waals surface area contributed by atoms with Crippen LogP contribution in [0, 0.1) is 11.8 Å². The zero-order valence-electron chi connectivity index (χ0n) is 6.08. The second-order valence-corrected chi connectivity index (χ2v) is 2.83. The lowest BCUT2D eigenvalue weighted by Gasteiger charge is -2.20. The van der Waals surface area contributed by atoms with Crippen LogP contribution in [-0.4, -0.2) is 17.5 Å². The fraction of sp³-hybridized carbons (Fsp3) is 0.625. The lowest BCUT2D eigenvalue weighted by molar-refractivity contribution is -0.116. The molecule has 0 heterocycles. The molecule has 2 atom stereocenters. The average Bonchev–Trinajstić information content (AvgIpc) is 1.94. The molecule has 1 rings (SSSR count). The molecule has 0 fully saturated rings. The summed E-state index contributed by atoms with van der Waals surface area (Å²) in [4.78, 5) is 10.8. The van der Waals surface area contributed by atoms with E-state index in [0.717, 1.165) is 0 Å². The van der Waals surface area contributed by atoms with Crippen LogP contribution < -0.4 is 0 Å². The summed E-state index contributed by atoms with van der Waals surface area (Å²) in [5.74, 6) is 0.636. The van der Waals surface area contributed by atoms with Gasteiger partial charge in [-0.05, 0) is 17.9 Å².